The van der Waals surface area contributed by atoms with Crippen LogP contribution in [0.5, 0.6) is 0 Å². The van der Waals surface area contributed by atoms with Crippen LogP contribution in [0.3, 0.4) is 0 Å². The Hall–Kier alpha value is -0.101. The van der Waals surface area contributed by atoms with Crippen LogP contribution in [0.4, 0.5) is 0 Å². The number of hydrogen-bond donors (Lipinski definition) is 0. The molecule has 0 aromatic heterocycles. The molecule has 6 nitrogen and oxygen atoms in total. The second-order valence-corrected chi connectivity index (χ2v) is 12.1. The van der Waals surface area contributed by atoms with E-state index in [0.29, 0.717) is 0 Å². The zero-order valence-corrected chi connectivity index (χ0v) is 32.6. The molecule has 0 amide bonds. The Kier molecular flexibility index (Phi) is 76.1. The maximum Gasteiger partial charge on any atom is 2.00 e. The van der Waals surface area contributed by atoms with Crippen LogP contribution in [0.1, 0.15) is 219 Å². The van der Waals surface area contributed by atoms with Crippen LogP contribution in [0, 0.1) is 0 Å². The van der Waals surface area contributed by atoms with Gasteiger partial charge in [-0.15, -0.1) is 0 Å². The van der Waals surface area contributed by atoms with Gasteiger partial charge in [0.15, 0.2) is 0 Å². The number of carbonyl (C=O) groups excluding carboxylic acids is 2. The van der Waals surface area contributed by atoms with Gasteiger partial charge in [0, 0.05) is 11.9 Å². The molecule has 2 radical (unpaired) electrons. The Bertz CT molecular complexity index is 466. The molecule has 46 heavy (non-hydrogen) atoms. The van der Waals surface area contributed by atoms with Gasteiger partial charge in [-0.05, 0) is 25.7 Å². The number of rotatable bonds is 32. The van der Waals surface area contributed by atoms with Crippen LogP contribution in [0.15, 0.2) is 0 Å². The maximum absolute atomic E-state index is 10.2. The Morgan fingerprint density at radius 2 is 0.435 bits per heavy atom. The van der Waals surface area contributed by atoms with E-state index in [4.69, 9.17) is 10.2 Å². The van der Waals surface area contributed by atoms with Crippen molar-refractivity contribution in [2.75, 3.05) is 14.2 Å². The van der Waals surface area contributed by atoms with Gasteiger partial charge in [-0.2, -0.15) is 14.2 Å². The second-order valence-electron chi connectivity index (χ2n) is 12.1. The van der Waals surface area contributed by atoms with Crippen molar-refractivity contribution in [3.8, 4) is 0 Å². The molecule has 0 aliphatic carbocycles. The summed E-state index contributed by atoms with van der Waals surface area (Å²) in [5.41, 5.74) is 0. The molecule has 0 spiro atoms. The number of carboxylic acids is 2. The largest absolute Gasteiger partial charge is 2.00 e. The zero-order valence-electron chi connectivity index (χ0n) is 30.7. The maximum atomic E-state index is 10.2. The van der Waals surface area contributed by atoms with Gasteiger partial charge < -0.3 is 30.0 Å². The van der Waals surface area contributed by atoms with Gasteiger partial charge in [0.2, 0.25) is 0 Å². The quantitative estimate of drug-likeness (QED) is 0.0507. The third kappa shape index (κ3) is 70.3. The molecule has 0 unspecified atom stereocenters. The Morgan fingerprint density at radius 3 is 0.565 bits per heavy atom. The average Bonchev–Trinajstić information content (AvgIpc) is 3.03. The standard InChI is InChI=1S/2C18H36O2.2CH3O.2Cu/c2*1-2-3-4-5-6-7-8-9-10-11-12-13-14-15-16-17-18(19)20;2*1-2;;/h2*2-17H2,1H3,(H,19,20);2*1H3;;/q;;2*-1;2*+2/p-2. The Balaban J connectivity index is -0.000000151. The van der Waals surface area contributed by atoms with Gasteiger partial charge in [-0.25, -0.2) is 0 Å². The van der Waals surface area contributed by atoms with Gasteiger partial charge >= 0.3 is 34.1 Å². The summed E-state index contributed by atoms with van der Waals surface area (Å²) in [6.45, 7) is 4.53. The summed E-state index contributed by atoms with van der Waals surface area (Å²) < 4.78 is 0. The molecule has 0 aliphatic heterocycles. The number of carbonyl (C=O) groups is 2. The Morgan fingerprint density at radius 1 is 0.304 bits per heavy atom. The van der Waals surface area contributed by atoms with Gasteiger partial charge in [0.05, 0.1) is 0 Å². The van der Waals surface area contributed by atoms with Crippen molar-refractivity contribution in [1.29, 1.82) is 0 Å². The van der Waals surface area contributed by atoms with Gasteiger partial charge in [-0.3, -0.25) is 0 Å². The first-order valence-electron chi connectivity index (χ1n) is 18.8. The first-order valence-corrected chi connectivity index (χ1v) is 18.8. The van der Waals surface area contributed by atoms with Gasteiger partial charge in [0.25, 0.3) is 0 Å². The molecule has 0 rings (SSSR count). The minimum absolute atomic E-state index is 0. The van der Waals surface area contributed by atoms with Crippen molar-refractivity contribution in [3.63, 3.8) is 0 Å². The molecule has 8 heteroatoms. The molecule has 0 heterocycles. The van der Waals surface area contributed by atoms with Crippen LogP contribution in [0.2, 0.25) is 0 Å². The normalized spacial score (nSPS) is 9.70. The molecule has 286 valence electrons. The van der Waals surface area contributed by atoms with Crippen molar-refractivity contribution < 1.29 is 64.2 Å². The van der Waals surface area contributed by atoms with E-state index in [9.17, 15) is 19.8 Å². The summed E-state index contributed by atoms with van der Waals surface area (Å²) in [5, 5.41) is 36.9. The molecule has 0 N–H and O–H groups in total. The second kappa shape index (κ2) is 60.2. The topological polar surface area (TPSA) is 126 Å². The summed E-state index contributed by atoms with van der Waals surface area (Å²) in [5.74, 6) is -1.81. The molecule has 0 atom stereocenters. The summed E-state index contributed by atoms with van der Waals surface area (Å²) in [7, 11) is 1.50. The molecule has 0 saturated carbocycles. The van der Waals surface area contributed by atoms with Gasteiger partial charge in [-0.1, -0.05) is 194 Å². The number of carboxylic acid groups (broad SMARTS) is 2. The van der Waals surface area contributed by atoms with Crippen LogP contribution in [0.25, 0.3) is 0 Å². The molecular formula is C38H76Cu2O6. The van der Waals surface area contributed by atoms with E-state index < -0.39 is 11.9 Å². The van der Waals surface area contributed by atoms with Crippen molar-refractivity contribution in [3.05, 3.63) is 0 Å². The predicted octanol–water partition coefficient (Wildman–Crippen LogP) is 7.94. The third-order valence-electron chi connectivity index (χ3n) is 7.97. The monoisotopic (exact) mass is 754 g/mol. The fourth-order valence-electron chi connectivity index (χ4n) is 5.28. The van der Waals surface area contributed by atoms with E-state index in [1.807, 2.05) is 0 Å². The van der Waals surface area contributed by atoms with E-state index >= 15 is 0 Å². The minimum Gasteiger partial charge on any atom is -0.857 e. The van der Waals surface area contributed by atoms with E-state index in [1.165, 1.54) is 167 Å². The first kappa shape index (κ1) is 58.1. The third-order valence-corrected chi connectivity index (χ3v) is 7.97. The van der Waals surface area contributed by atoms with Crippen LogP contribution < -0.4 is 20.4 Å². The van der Waals surface area contributed by atoms with E-state index in [-0.39, 0.29) is 47.0 Å². The zero-order chi connectivity index (χ0) is 33.8. The van der Waals surface area contributed by atoms with Crippen molar-refractivity contribution in [2.24, 2.45) is 0 Å². The average molecular weight is 756 g/mol. The number of unbranched alkanes of at least 4 members (excludes halogenated alkanes) is 28. The Labute approximate surface area is 308 Å². The summed E-state index contributed by atoms with van der Waals surface area (Å²) in [6.07, 6.45) is 39.7. The predicted molar refractivity (Wildman–Crippen MR) is 181 cm³/mol. The van der Waals surface area contributed by atoms with Crippen molar-refractivity contribution in [1.82, 2.24) is 0 Å². The smallest absolute Gasteiger partial charge is 0.857 e. The number of aliphatic carboxylic acids is 2. The molecule has 0 aliphatic rings. The SMILES string of the molecule is CCCCCCCCCCCCCCCCCC(=O)[O-].CCCCCCCCCCCCCCCCCC(=O)[O-].C[O-].C[O-].[Cu+2].[Cu+2]. The molecule has 0 aromatic carbocycles. The van der Waals surface area contributed by atoms with E-state index in [0.717, 1.165) is 39.9 Å². The van der Waals surface area contributed by atoms with Crippen molar-refractivity contribution >= 4 is 11.9 Å². The van der Waals surface area contributed by atoms with Crippen molar-refractivity contribution in [2.45, 2.75) is 219 Å². The molecule has 0 bridgehead atoms. The van der Waals surface area contributed by atoms with Crippen LogP contribution in [-0.2, 0) is 43.7 Å². The first-order chi connectivity index (χ1) is 21.5. The summed E-state index contributed by atoms with van der Waals surface area (Å²) in [4.78, 5) is 20.4. The minimum atomic E-state index is -0.903. The van der Waals surface area contributed by atoms with E-state index in [1.54, 1.807) is 0 Å². The fraction of sp³-hybridized carbons (Fsp3) is 0.947. The molecule has 0 aromatic rings. The number of hydrogen-bond acceptors (Lipinski definition) is 6. The van der Waals surface area contributed by atoms with E-state index in [2.05, 4.69) is 13.8 Å². The molecule has 0 fully saturated rings. The van der Waals surface area contributed by atoms with Gasteiger partial charge in [0.1, 0.15) is 0 Å². The fourth-order valence-corrected chi connectivity index (χ4v) is 5.28. The van der Waals surface area contributed by atoms with Crippen LogP contribution in [-0.4, -0.2) is 26.2 Å². The summed E-state index contributed by atoms with van der Waals surface area (Å²) in [6, 6.07) is 0. The van der Waals surface area contributed by atoms with Crippen LogP contribution >= 0.6 is 0 Å². The summed E-state index contributed by atoms with van der Waals surface area (Å²) >= 11 is 0. The molecule has 0 saturated heterocycles. The molecular weight excluding hydrogens is 680 g/mol.